The minimum absolute atomic E-state index is 0.00815. The Hall–Kier alpha value is -1.09. The first-order valence-corrected chi connectivity index (χ1v) is 6.25. The summed E-state index contributed by atoms with van der Waals surface area (Å²) in [5.74, 6) is 0.164. The molecule has 3 heteroatoms. The molecule has 2 nitrogen and oxygen atoms in total. The van der Waals surface area contributed by atoms with E-state index in [0.29, 0.717) is 5.92 Å². The van der Waals surface area contributed by atoms with Gasteiger partial charge in [-0.3, -0.25) is 0 Å². The normalized spacial score (nSPS) is 12.8. The summed E-state index contributed by atoms with van der Waals surface area (Å²) in [5, 5.41) is 12.6. The van der Waals surface area contributed by atoms with Crippen molar-refractivity contribution in [2.24, 2.45) is 5.92 Å². The standard InChI is InChI=1S/C14H22FNO/c1-4-11(5-2)14(9-17)16-13-7-10(3)6-12(15)8-13/h6-8,11,14,16-17H,4-5,9H2,1-3H3. The predicted octanol–water partition coefficient (Wildman–Crippen LogP) is 3.34. The molecule has 0 aromatic heterocycles. The Morgan fingerprint density at radius 3 is 2.35 bits per heavy atom. The van der Waals surface area contributed by atoms with Crippen molar-refractivity contribution in [1.82, 2.24) is 0 Å². The van der Waals surface area contributed by atoms with Gasteiger partial charge < -0.3 is 10.4 Å². The Bertz CT molecular complexity index is 330. The lowest BCUT2D eigenvalue weighted by molar-refractivity contribution is 0.231. The average molecular weight is 239 g/mol. The van der Waals surface area contributed by atoms with Crippen molar-refractivity contribution in [3.63, 3.8) is 0 Å². The molecule has 0 amide bonds. The van der Waals surface area contributed by atoms with Gasteiger partial charge in [0.1, 0.15) is 5.82 Å². The SMILES string of the molecule is CCC(CC)C(CO)Nc1cc(C)cc(F)c1. The Balaban J connectivity index is 2.79. The Morgan fingerprint density at radius 1 is 1.24 bits per heavy atom. The molecule has 0 fully saturated rings. The lowest BCUT2D eigenvalue weighted by Crippen LogP contribution is -2.32. The minimum Gasteiger partial charge on any atom is -0.394 e. The van der Waals surface area contributed by atoms with Gasteiger partial charge in [-0.2, -0.15) is 0 Å². The van der Waals surface area contributed by atoms with E-state index in [9.17, 15) is 9.50 Å². The van der Waals surface area contributed by atoms with Crippen LogP contribution in [0.25, 0.3) is 0 Å². The summed E-state index contributed by atoms with van der Waals surface area (Å²) < 4.78 is 13.2. The van der Waals surface area contributed by atoms with E-state index >= 15 is 0 Å². The van der Waals surface area contributed by atoms with Gasteiger partial charge >= 0.3 is 0 Å². The lowest BCUT2D eigenvalue weighted by Gasteiger charge is -2.25. The summed E-state index contributed by atoms with van der Waals surface area (Å²) in [6.45, 7) is 6.14. The van der Waals surface area contributed by atoms with Crippen LogP contribution in [0.1, 0.15) is 32.3 Å². The van der Waals surface area contributed by atoms with Gasteiger partial charge in [-0.1, -0.05) is 26.7 Å². The zero-order valence-electron chi connectivity index (χ0n) is 10.8. The number of aliphatic hydroxyl groups is 1. The number of hydrogen-bond acceptors (Lipinski definition) is 2. The third kappa shape index (κ3) is 4.00. The summed E-state index contributed by atoms with van der Waals surface area (Å²) >= 11 is 0. The van der Waals surface area contributed by atoms with Crippen LogP contribution >= 0.6 is 0 Å². The molecule has 0 saturated carbocycles. The molecule has 0 aliphatic rings. The van der Waals surface area contributed by atoms with Crippen molar-refractivity contribution in [2.45, 2.75) is 39.7 Å². The van der Waals surface area contributed by atoms with Crippen LogP contribution in [0.2, 0.25) is 0 Å². The number of hydrogen-bond donors (Lipinski definition) is 2. The summed E-state index contributed by atoms with van der Waals surface area (Å²) in [6.07, 6.45) is 2.01. The van der Waals surface area contributed by atoms with E-state index in [0.717, 1.165) is 24.1 Å². The lowest BCUT2D eigenvalue weighted by atomic mass is 9.94. The quantitative estimate of drug-likeness (QED) is 0.798. The maximum absolute atomic E-state index is 13.2. The van der Waals surface area contributed by atoms with Crippen LogP contribution in [-0.4, -0.2) is 17.8 Å². The molecular formula is C14H22FNO. The third-order valence-corrected chi connectivity index (χ3v) is 3.21. The number of rotatable bonds is 6. The van der Waals surface area contributed by atoms with Gasteiger partial charge in [0.2, 0.25) is 0 Å². The van der Waals surface area contributed by atoms with Gasteiger partial charge in [0.25, 0.3) is 0 Å². The van der Waals surface area contributed by atoms with Crippen molar-refractivity contribution in [2.75, 3.05) is 11.9 Å². The van der Waals surface area contributed by atoms with E-state index in [1.807, 2.05) is 13.0 Å². The number of aryl methyl sites for hydroxylation is 1. The molecule has 1 atom stereocenters. The molecule has 96 valence electrons. The highest BCUT2D eigenvalue weighted by molar-refractivity contribution is 5.47. The van der Waals surface area contributed by atoms with Gasteiger partial charge in [-0.05, 0) is 36.6 Å². The molecule has 0 radical (unpaired) electrons. The number of benzene rings is 1. The summed E-state index contributed by atoms with van der Waals surface area (Å²) in [7, 11) is 0. The molecule has 0 aliphatic heterocycles. The zero-order chi connectivity index (χ0) is 12.8. The van der Waals surface area contributed by atoms with Crippen LogP contribution in [-0.2, 0) is 0 Å². The van der Waals surface area contributed by atoms with E-state index in [4.69, 9.17) is 0 Å². The largest absolute Gasteiger partial charge is 0.394 e. The summed E-state index contributed by atoms with van der Waals surface area (Å²) in [5.41, 5.74) is 1.63. The molecule has 1 aromatic rings. The van der Waals surface area contributed by atoms with Crippen LogP contribution in [0.5, 0.6) is 0 Å². The van der Waals surface area contributed by atoms with Crippen LogP contribution in [0.3, 0.4) is 0 Å². The molecule has 17 heavy (non-hydrogen) atoms. The zero-order valence-corrected chi connectivity index (χ0v) is 10.8. The first kappa shape index (κ1) is 14.0. The number of halogens is 1. The highest BCUT2D eigenvalue weighted by Crippen LogP contribution is 2.20. The Kier molecular flexibility index (Phi) is 5.42. The Morgan fingerprint density at radius 2 is 1.88 bits per heavy atom. The topological polar surface area (TPSA) is 32.3 Å². The van der Waals surface area contributed by atoms with Crippen molar-refractivity contribution < 1.29 is 9.50 Å². The predicted molar refractivity (Wildman–Crippen MR) is 69.7 cm³/mol. The second kappa shape index (κ2) is 6.60. The van der Waals surface area contributed by atoms with Crippen molar-refractivity contribution >= 4 is 5.69 Å². The van der Waals surface area contributed by atoms with Crippen LogP contribution in [0.15, 0.2) is 18.2 Å². The smallest absolute Gasteiger partial charge is 0.125 e. The molecule has 1 rings (SSSR count). The third-order valence-electron chi connectivity index (χ3n) is 3.21. The van der Waals surface area contributed by atoms with Crippen molar-refractivity contribution in [1.29, 1.82) is 0 Å². The second-order valence-electron chi connectivity index (χ2n) is 4.53. The summed E-state index contributed by atoms with van der Waals surface area (Å²) in [4.78, 5) is 0. The molecule has 0 aliphatic carbocycles. The number of anilines is 1. The van der Waals surface area contributed by atoms with Crippen LogP contribution in [0.4, 0.5) is 10.1 Å². The first-order valence-electron chi connectivity index (χ1n) is 6.25. The molecule has 0 bridgehead atoms. The van der Waals surface area contributed by atoms with E-state index in [-0.39, 0.29) is 18.5 Å². The maximum Gasteiger partial charge on any atom is 0.125 e. The van der Waals surface area contributed by atoms with Crippen LogP contribution in [0, 0.1) is 18.7 Å². The number of nitrogens with one attached hydrogen (secondary N) is 1. The first-order chi connectivity index (χ1) is 8.10. The Labute approximate surface area is 103 Å². The minimum atomic E-state index is -0.242. The maximum atomic E-state index is 13.2. The summed E-state index contributed by atoms with van der Waals surface area (Å²) in [6, 6.07) is 4.86. The van der Waals surface area contributed by atoms with E-state index in [1.54, 1.807) is 0 Å². The molecule has 1 unspecified atom stereocenters. The van der Waals surface area contributed by atoms with Crippen molar-refractivity contribution in [3.05, 3.63) is 29.6 Å². The highest BCUT2D eigenvalue weighted by atomic mass is 19.1. The van der Waals surface area contributed by atoms with E-state index in [2.05, 4.69) is 19.2 Å². The average Bonchev–Trinajstić information content (AvgIpc) is 2.27. The molecule has 0 spiro atoms. The van der Waals surface area contributed by atoms with E-state index < -0.39 is 0 Å². The second-order valence-corrected chi connectivity index (χ2v) is 4.53. The van der Waals surface area contributed by atoms with E-state index in [1.165, 1.54) is 12.1 Å². The highest BCUT2D eigenvalue weighted by Gasteiger charge is 2.17. The fourth-order valence-corrected chi connectivity index (χ4v) is 2.20. The van der Waals surface area contributed by atoms with Gasteiger partial charge in [0, 0.05) is 5.69 Å². The van der Waals surface area contributed by atoms with Gasteiger partial charge in [-0.25, -0.2) is 4.39 Å². The monoisotopic (exact) mass is 239 g/mol. The fourth-order valence-electron chi connectivity index (χ4n) is 2.20. The molecule has 1 aromatic carbocycles. The number of aliphatic hydroxyl groups excluding tert-OH is 1. The molecular weight excluding hydrogens is 217 g/mol. The van der Waals surface area contributed by atoms with Crippen molar-refractivity contribution in [3.8, 4) is 0 Å². The van der Waals surface area contributed by atoms with Crippen LogP contribution < -0.4 is 5.32 Å². The van der Waals surface area contributed by atoms with Gasteiger partial charge in [0.05, 0.1) is 12.6 Å². The molecule has 2 N–H and O–H groups in total. The van der Waals surface area contributed by atoms with Gasteiger partial charge in [-0.15, -0.1) is 0 Å². The molecule has 0 heterocycles. The van der Waals surface area contributed by atoms with Gasteiger partial charge in [0.15, 0.2) is 0 Å². The fraction of sp³-hybridized carbons (Fsp3) is 0.571. The molecule has 0 saturated heterocycles.